The first-order valence-corrected chi connectivity index (χ1v) is 7.18. The Labute approximate surface area is 97.9 Å². The molecule has 0 aromatic carbocycles. The van der Waals surface area contributed by atoms with Crippen LogP contribution in [-0.4, -0.2) is 61.8 Å². The summed E-state index contributed by atoms with van der Waals surface area (Å²) in [4.78, 5) is 2.49. The van der Waals surface area contributed by atoms with Gasteiger partial charge in [-0.15, -0.1) is 0 Å². The van der Waals surface area contributed by atoms with Crippen LogP contribution in [0.1, 0.15) is 13.8 Å². The highest BCUT2D eigenvalue weighted by Gasteiger charge is 2.21. The standard InChI is InChI=1S/C11H24N2OS/c1-10(2)13-5-6-14-11(9-13)8-12-4-7-15-3/h10-12H,4-9H2,1-3H3. The first kappa shape index (κ1) is 13.3. The van der Waals surface area contributed by atoms with Gasteiger partial charge in [-0.1, -0.05) is 0 Å². The molecule has 1 saturated heterocycles. The van der Waals surface area contributed by atoms with Crippen LogP contribution in [0.5, 0.6) is 0 Å². The predicted octanol–water partition coefficient (Wildman–Crippen LogP) is 1.05. The average Bonchev–Trinajstić information content (AvgIpc) is 2.25. The second-order valence-electron chi connectivity index (χ2n) is 4.28. The molecule has 0 spiro atoms. The maximum absolute atomic E-state index is 5.73. The zero-order valence-electron chi connectivity index (χ0n) is 10.2. The lowest BCUT2D eigenvalue weighted by Gasteiger charge is -2.35. The van der Waals surface area contributed by atoms with E-state index in [1.807, 2.05) is 11.8 Å². The van der Waals surface area contributed by atoms with Gasteiger partial charge in [0.25, 0.3) is 0 Å². The third-order valence-corrected chi connectivity index (χ3v) is 3.37. The number of ether oxygens (including phenoxy) is 1. The van der Waals surface area contributed by atoms with Gasteiger partial charge in [-0.25, -0.2) is 0 Å². The highest BCUT2D eigenvalue weighted by Crippen LogP contribution is 2.07. The van der Waals surface area contributed by atoms with Crippen LogP contribution in [0.4, 0.5) is 0 Å². The van der Waals surface area contributed by atoms with Gasteiger partial charge in [0.15, 0.2) is 0 Å². The highest BCUT2D eigenvalue weighted by molar-refractivity contribution is 7.98. The third kappa shape index (κ3) is 5.20. The molecule has 0 aliphatic carbocycles. The number of nitrogens with one attached hydrogen (secondary N) is 1. The van der Waals surface area contributed by atoms with E-state index >= 15 is 0 Å². The monoisotopic (exact) mass is 232 g/mol. The van der Waals surface area contributed by atoms with E-state index in [0.29, 0.717) is 12.1 Å². The van der Waals surface area contributed by atoms with E-state index < -0.39 is 0 Å². The van der Waals surface area contributed by atoms with Gasteiger partial charge in [0.05, 0.1) is 12.7 Å². The largest absolute Gasteiger partial charge is 0.374 e. The molecule has 0 amide bonds. The van der Waals surface area contributed by atoms with E-state index in [1.54, 1.807) is 0 Å². The van der Waals surface area contributed by atoms with Gasteiger partial charge in [0, 0.05) is 38.0 Å². The van der Waals surface area contributed by atoms with Crippen LogP contribution in [0.2, 0.25) is 0 Å². The average molecular weight is 232 g/mol. The summed E-state index contributed by atoms with van der Waals surface area (Å²) in [5, 5.41) is 3.44. The van der Waals surface area contributed by atoms with E-state index in [1.165, 1.54) is 5.75 Å². The van der Waals surface area contributed by atoms with Gasteiger partial charge in [-0.3, -0.25) is 4.90 Å². The smallest absolute Gasteiger partial charge is 0.0826 e. The first-order chi connectivity index (χ1) is 7.24. The van der Waals surface area contributed by atoms with Crippen LogP contribution < -0.4 is 5.32 Å². The van der Waals surface area contributed by atoms with Crippen LogP contribution in [0.25, 0.3) is 0 Å². The summed E-state index contributed by atoms with van der Waals surface area (Å²) in [5.41, 5.74) is 0. The molecule has 0 aromatic heterocycles. The summed E-state index contributed by atoms with van der Waals surface area (Å²) >= 11 is 1.88. The number of rotatable bonds is 6. The van der Waals surface area contributed by atoms with Crippen molar-refractivity contribution in [2.45, 2.75) is 26.0 Å². The number of thioether (sulfide) groups is 1. The van der Waals surface area contributed by atoms with Crippen molar-refractivity contribution in [3.05, 3.63) is 0 Å². The molecule has 0 aromatic rings. The SMILES string of the molecule is CSCCNCC1CN(C(C)C)CCO1. The fourth-order valence-electron chi connectivity index (χ4n) is 1.77. The quantitative estimate of drug-likeness (QED) is 0.692. The number of hydrogen-bond acceptors (Lipinski definition) is 4. The Kier molecular flexibility index (Phi) is 6.64. The molecular weight excluding hydrogens is 208 g/mol. The van der Waals surface area contributed by atoms with Gasteiger partial charge >= 0.3 is 0 Å². The van der Waals surface area contributed by atoms with Crippen molar-refractivity contribution in [1.29, 1.82) is 0 Å². The van der Waals surface area contributed by atoms with E-state index in [4.69, 9.17) is 4.74 Å². The van der Waals surface area contributed by atoms with Crippen LogP contribution >= 0.6 is 11.8 Å². The topological polar surface area (TPSA) is 24.5 Å². The highest BCUT2D eigenvalue weighted by atomic mass is 32.2. The molecular formula is C11H24N2OS. The minimum atomic E-state index is 0.378. The zero-order chi connectivity index (χ0) is 11.1. The molecule has 1 unspecified atom stereocenters. The second-order valence-corrected chi connectivity index (χ2v) is 5.26. The summed E-state index contributed by atoms with van der Waals surface area (Å²) in [5.74, 6) is 1.18. The van der Waals surface area contributed by atoms with Crippen LogP contribution in [0, 0.1) is 0 Å². The number of nitrogens with zero attached hydrogens (tertiary/aromatic N) is 1. The predicted molar refractivity (Wildman–Crippen MR) is 67.7 cm³/mol. The van der Waals surface area contributed by atoms with Crippen molar-refractivity contribution in [2.24, 2.45) is 0 Å². The molecule has 1 N–H and O–H groups in total. The van der Waals surface area contributed by atoms with E-state index in [0.717, 1.165) is 32.8 Å². The minimum absolute atomic E-state index is 0.378. The molecule has 0 radical (unpaired) electrons. The zero-order valence-corrected chi connectivity index (χ0v) is 11.0. The Morgan fingerprint density at radius 3 is 3.00 bits per heavy atom. The number of hydrogen-bond donors (Lipinski definition) is 1. The Morgan fingerprint density at radius 2 is 2.33 bits per heavy atom. The van der Waals surface area contributed by atoms with Gasteiger partial charge in [0.1, 0.15) is 0 Å². The van der Waals surface area contributed by atoms with Gasteiger partial charge < -0.3 is 10.1 Å². The van der Waals surface area contributed by atoms with Gasteiger partial charge in [-0.2, -0.15) is 11.8 Å². The fraction of sp³-hybridized carbons (Fsp3) is 1.00. The molecule has 3 nitrogen and oxygen atoms in total. The molecule has 1 fully saturated rings. The lowest BCUT2D eigenvalue weighted by atomic mass is 10.2. The molecule has 0 bridgehead atoms. The summed E-state index contributed by atoms with van der Waals surface area (Å²) in [7, 11) is 0. The van der Waals surface area contributed by atoms with Crippen molar-refractivity contribution in [3.8, 4) is 0 Å². The summed E-state index contributed by atoms with van der Waals surface area (Å²) in [6.07, 6.45) is 2.52. The lowest BCUT2D eigenvalue weighted by molar-refractivity contribution is -0.0368. The Balaban J connectivity index is 2.13. The van der Waals surface area contributed by atoms with Crippen molar-refractivity contribution >= 4 is 11.8 Å². The molecule has 15 heavy (non-hydrogen) atoms. The van der Waals surface area contributed by atoms with Gasteiger partial charge in [0.2, 0.25) is 0 Å². The maximum atomic E-state index is 5.73. The van der Waals surface area contributed by atoms with Crippen molar-refractivity contribution in [1.82, 2.24) is 10.2 Å². The Morgan fingerprint density at radius 1 is 1.53 bits per heavy atom. The van der Waals surface area contributed by atoms with Gasteiger partial charge in [-0.05, 0) is 20.1 Å². The Bertz CT molecular complexity index is 167. The van der Waals surface area contributed by atoms with Crippen molar-refractivity contribution in [2.75, 3.05) is 44.8 Å². The summed E-state index contributed by atoms with van der Waals surface area (Å²) in [6.45, 7) is 9.62. The van der Waals surface area contributed by atoms with E-state index in [9.17, 15) is 0 Å². The van der Waals surface area contributed by atoms with Crippen LogP contribution in [0.15, 0.2) is 0 Å². The normalized spacial score (nSPS) is 23.6. The van der Waals surface area contributed by atoms with Crippen molar-refractivity contribution in [3.63, 3.8) is 0 Å². The van der Waals surface area contributed by atoms with Crippen LogP contribution in [0.3, 0.4) is 0 Å². The molecule has 1 aliphatic heterocycles. The molecule has 4 heteroatoms. The number of morpholine rings is 1. The maximum Gasteiger partial charge on any atom is 0.0826 e. The first-order valence-electron chi connectivity index (χ1n) is 5.79. The minimum Gasteiger partial charge on any atom is -0.374 e. The van der Waals surface area contributed by atoms with E-state index in [-0.39, 0.29) is 0 Å². The molecule has 0 saturated carbocycles. The second kappa shape index (κ2) is 7.49. The third-order valence-electron chi connectivity index (χ3n) is 2.76. The van der Waals surface area contributed by atoms with Crippen molar-refractivity contribution < 1.29 is 4.74 Å². The lowest BCUT2D eigenvalue weighted by Crippen LogP contribution is -2.49. The summed E-state index contributed by atoms with van der Waals surface area (Å²) in [6, 6.07) is 0.641. The molecule has 90 valence electrons. The fourth-order valence-corrected chi connectivity index (χ4v) is 2.12. The summed E-state index contributed by atoms with van der Waals surface area (Å²) < 4.78 is 5.73. The molecule has 1 heterocycles. The Hall–Kier alpha value is 0.230. The van der Waals surface area contributed by atoms with Crippen LogP contribution in [-0.2, 0) is 4.74 Å². The molecule has 1 aliphatic rings. The molecule has 1 rings (SSSR count). The van der Waals surface area contributed by atoms with E-state index in [2.05, 4.69) is 30.3 Å². The molecule has 1 atom stereocenters.